The lowest BCUT2D eigenvalue weighted by Gasteiger charge is -2.27. The van der Waals surface area contributed by atoms with Crippen LogP contribution in [-0.2, 0) is 29.0 Å². The smallest absolute Gasteiger partial charge is 0.341 e. The van der Waals surface area contributed by atoms with Crippen molar-refractivity contribution in [2.24, 2.45) is 0 Å². The van der Waals surface area contributed by atoms with Gasteiger partial charge in [0.1, 0.15) is 5.00 Å². The molecule has 1 aliphatic rings. The molecule has 0 radical (unpaired) electrons. The zero-order valence-electron chi connectivity index (χ0n) is 17.9. The topological polar surface area (TPSA) is 71.5 Å². The number of benzene rings is 1. The van der Waals surface area contributed by atoms with Gasteiger partial charge in [0, 0.05) is 30.7 Å². The highest BCUT2D eigenvalue weighted by atomic mass is 32.2. The van der Waals surface area contributed by atoms with Gasteiger partial charge in [0.05, 0.1) is 22.9 Å². The minimum atomic E-state index is -0.366. The van der Waals surface area contributed by atoms with Crippen molar-refractivity contribution in [1.82, 2.24) is 9.88 Å². The summed E-state index contributed by atoms with van der Waals surface area (Å²) in [5.41, 5.74) is 2.78. The number of thiophene rings is 1. The first-order chi connectivity index (χ1) is 15.6. The van der Waals surface area contributed by atoms with Gasteiger partial charge in [-0.2, -0.15) is 0 Å². The van der Waals surface area contributed by atoms with Crippen molar-refractivity contribution in [2.45, 2.75) is 31.5 Å². The minimum Gasteiger partial charge on any atom is -0.462 e. The lowest BCUT2D eigenvalue weighted by atomic mass is 10.0. The van der Waals surface area contributed by atoms with Crippen LogP contribution in [0, 0.1) is 0 Å². The summed E-state index contributed by atoms with van der Waals surface area (Å²) in [5, 5.41) is 4.33. The van der Waals surface area contributed by atoms with Crippen LogP contribution in [0.2, 0.25) is 0 Å². The zero-order chi connectivity index (χ0) is 22.3. The van der Waals surface area contributed by atoms with Crippen LogP contribution in [0.5, 0.6) is 0 Å². The van der Waals surface area contributed by atoms with Gasteiger partial charge in [0.25, 0.3) is 0 Å². The second-order valence-electron chi connectivity index (χ2n) is 7.38. The number of esters is 1. The quantitative estimate of drug-likeness (QED) is 0.385. The van der Waals surface area contributed by atoms with Crippen LogP contribution in [0.15, 0.2) is 59.8 Å². The maximum atomic E-state index is 12.7. The number of amides is 1. The van der Waals surface area contributed by atoms with Crippen molar-refractivity contribution >= 4 is 40.0 Å². The highest BCUT2D eigenvalue weighted by Crippen LogP contribution is 2.38. The molecule has 2 aromatic heterocycles. The first-order valence-electron chi connectivity index (χ1n) is 10.6. The van der Waals surface area contributed by atoms with Gasteiger partial charge < -0.3 is 10.1 Å². The van der Waals surface area contributed by atoms with E-state index in [1.165, 1.54) is 28.7 Å². The van der Waals surface area contributed by atoms with Gasteiger partial charge in [-0.3, -0.25) is 9.69 Å². The number of fused-ring (bicyclic) bond motifs is 1. The van der Waals surface area contributed by atoms with Gasteiger partial charge >= 0.3 is 5.97 Å². The van der Waals surface area contributed by atoms with E-state index in [0.29, 0.717) is 17.2 Å². The van der Waals surface area contributed by atoms with Crippen molar-refractivity contribution in [3.05, 3.63) is 76.3 Å². The summed E-state index contributed by atoms with van der Waals surface area (Å²) in [6.45, 7) is 4.55. The number of rotatable bonds is 8. The van der Waals surface area contributed by atoms with E-state index in [9.17, 15) is 9.59 Å². The van der Waals surface area contributed by atoms with E-state index in [-0.39, 0.29) is 17.6 Å². The molecule has 4 rings (SSSR count). The standard InChI is InChI=1S/C24H25N3O3S2/c1-2-30-24(29)22-18-11-13-27(14-17-8-4-3-5-9-17)15-19(18)32-23(22)26-20(28)16-31-21-10-6-7-12-25-21/h3-10,12H,2,11,13-16H2,1H3,(H,26,28). The van der Waals surface area contributed by atoms with Crippen molar-refractivity contribution in [3.63, 3.8) is 0 Å². The molecule has 0 unspecified atom stereocenters. The molecule has 32 heavy (non-hydrogen) atoms. The molecule has 1 N–H and O–H groups in total. The highest BCUT2D eigenvalue weighted by molar-refractivity contribution is 7.99. The van der Waals surface area contributed by atoms with Crippen LogP contribution < -0.4 is 5.32 Å². The Bertz CT molecular complexity index is 1070. The molecule has 166 valence electrons. The third-order valence-electron chi connectivity index (χ3n) is 5.11. The fourth-order valence-corrected chi connectivity index (χ4v) is 5.63. The van der Waals surface area contributed by atoms with Gasteiger partial charge in [-0.1, -0.05) is 48.2 Å². The monoisotopic (exact) mass is 467 g/mol. The Labute approximate surface area is 196 Å². The molecule has 6 nitrogen and oxygen atoms in total. The molecule has 8 heteroatoms. The summed E-state index contributed by atoms with van der Waals surface area (Å²) in [5.74, 6) is -0.303. The van der Waals surface area contributed by atoms with Gasteiger partial charge in [0.2, 0.25) is 5.91 Å². The molecule has 0 fully saturated rings. The van der Waals surface area contributed by atoms with Crippen molar-refractivity contribution in [3.8, 4) is 0 Å². The molecular formula is C24H25N3O3S2. The third-order valence-corrected chi connectivity index (χ3v) is 7.18. The molecule has 1 aliphatic heterocycles. The summed E-state index contributed by atoms with van der Waals surface area (Å²) < 4.78 is 5.31. The highest BCUT2D eigenvalue weighted by Gasteiger charge is 2.29. The summed E-state index contributed by atoms with van der Waals surface area (Å²) in [7, 11) is 0. The van der Waals surface area contributed by atoms with Gasteiger partial charge in [-0.25, -0.2) is 9.78 Å². The van der Waals surface area contributed by atoms with E-state index in [2.05, 4.69) is 27.3 Å². The predicted octanol–water partition coefficient (Wildman–Crippen LogP) is 4.61. The number of pyridine rings is 1. The average molecular weight is 468 g/mol. The fraction of sp³-hybridized carbons (Fsp3) is 0.292. The Morgan fingerprint density at radius 2 is 2.00 bits per heavy atom. The summed E-state index contributed by atoms with van der Waals surface area (Å²) in [4.78, 5) is 33.1. The SMILES string of the molecule is CCOC(=O)c1c(NC(=O)CSc2ccccn2)sc2c1CCN(Cc1ccccc1)C2. The summed E-state index contributed by atoms with van der Waals surface area (Å²) in [6, 6.07) is 16.0. The number of ether oxygens (including phenoxy) is 1. The third kappa shape index (κ3) is 5.56. The Kier molecular flexibility index (Phi) is 7.57. The van der Waals surface area contributed by atoms with Gasteiger partial charge in [-0.15, -0.1) is 11.3 Å². The Morgan fingerprint density at radius 1 is 1.19 bits per heavy atom. The van der Waals surface area contributed by atoms with Gasteiger partial charge in [0.15, 0.2) is 0 Å². The molecule has 1 amide bonds. The van der Waals surface area contributed by atoms with E-state index in [0.717, 1.165) is 41.5 Å². The number of nitrogens with one attached hydrogen (secondary N) is 1. The molecule has 0 saturated carbocycles. The first-order valence-corrected chi connectivity index (χ1v) is 12.4. The van der Waals surface area contributed by atoms with E-state index < -0.39 is 0 Å². The summed E-state index contributed by atoms with van der Waals surface area (Å²) >= 11 is 2.85. The molecule has 1 aromatic carbocycles. The number of carbonyl (C=O) groups excluding carboxylic acids is 2. The normalized spacial score (nSPS) is 13.4. The number of aromatic nitrogens is 1. The molecule has 3 heterocycles. The number of anilines is 1. The largest absolute Gasteiger partial charge is 0.462 e. The van der Waals surface area contributed by atoms with Crippen LogP contribution in [0.1, 0.15) is 33.3 Å². The first kappa shape index (κ1) is 22.5. The molecule has 0 bridgehead atoms. The van der Waals surface area contributed by atoms with E-state index >= 15 is 0 Å². The molecular weight excluding hydrogens is 442 g/mol. The van der Waals surface area contributed by atoms with E-state index in [4.69, 9.17) is 4.74 Å². The molecule has 0 saturated heterocycles. The second-order valence-corrected chi connectivity index (χ2v) is 9.48. The fourth-order valence-electron chi connectivity index (χ4n) is 3.67. The minimum absolute atomic E-state index is 0.161. The molecule has 3 aromatic rings. The number of hydrogen-bond donors (Lipinski definition) is 1. The Hall–Kier alpha value is -2.68. The number of carbonyl (C=O) groups is 2. The van der Waals surface area contributed by atoms with Crippen molar-refractivity contribution < 1.29 is 14.3 Å². The van der Waals surface area contributed by atoms with Crippen LogP contribution in [0.4, 0.5) is 5.00 Å². The van der Waals surface area contributed by atoms with Crippen LogP contribution in [0.3, 0.4) is 0 Å². The predicted molar refractivity (Wildman–Crippen MR) is 128 cm³/mol. The lowest BCUT2D eigenvalue weighted by Crippen LogP contribution is -2.30. The van der Waals surface area contributed by atoms with Crippen molar-refractivity contribution in [2.75, 3.05) is 24.2 Å². The Balaban J connectivity index is 1.49. The van der Waals surface area contributed by atoms with Crippen LogP contribution in [0.25, 0.3) is 0 Å². The number of thioether (sulfide) groups is 1. The Morgan fingerprint density at radius 3 is 2.75 bits per heavy atom. The van der Waals surface area contributed by atoms with Crippen molar-refractivity contribution in [1.29, 1.82) is 0 Å². The average Bonchev–Trinajstić information content (AvgIpc) is 3.16. The maximum absolute atomic E-state index is 12.7. The number of nitrogens with zero attached hydrogens (tertiary/aromatic N) is 2. The number of hydrogen-bond acceptors (Lipinski definition) is 7. The second kappa shape index (κ2) is 10.8. The van der Waals surface area contributed by atoms with E-state index in [1.807, 2.05) is 36.4 Å². The van der Waals surface area contributed by atoms with Crippen LogP contribution >= 0.6 is 23.1 Å². The zero-order valence-corrected chi connectivity index (χ0v) is 19.5. The van der Waals surface area contributed by atoms with Gasteiger partial charge in [-0.05, 0) is 36.6 Å². The maximum Gasteiger partial charge on any atom is 0.341 e. The summed E-state index contributed by atoms with van der Waals surface area (Å²) in [6.07, 6.45) is 2.46. The lowest BCUT2D eigenvalue weighted by molar-refractivity contribution is -0.113. The molecule has 0 atom stereocenters. The molecule has 0 spiro atoms. The van der Waals surface area contributed by atoms with E-state index in [1.54, 1.807) is 13.1 Å². The van der Waals surface area contributed by atoms with Crippen LogP contribution in [-0.4, -0.2) is 40.7 Å². The molecule has 0 aliphatic carbocycles.